The summed E-state index contributed by atoms with van der Waals surface area (Å²) in [6.45, 7) is 6.06. The van der Waals surface area contributed by atoms with E-state index in [0.717, 1.165) is 38.0 Å². The van der Waals surface area contributed by atoms with Gasteiger partial charge in [-0.05, 0) is 37.5 Å². The number of hydrogen-bond acceptors (Lipinski definition) is 5. The molecule has 5 nitrogen and oxygen atoms in total. The molecule has 19 heavy (non-hydrogen) atoms. The van der Waals surface area contributed by atoms with E-state index in [1.807, 2.05) is 6.20 Å². The zero-order valence-electron chi connectivity index (χ0n) is 11.4. The molecule has 0 saturated carbocycles. The lowest BCUT2D eigenvalue weighted by Crippen LogP contribution is -2.37. The van der Waals surface area contributed by atoms with Gasteiger partial charge in [0.1, 0.15) is 5.82 Å². The monoisotopic (exact) mass is 259 g/mol. The lowest BCUT2D eigenvalue weighted by Gasteiger charge is -2.17. The molecule has 1 atom stereocenters. The molecule has 102 valence electrons. The first-order valence-electron chi connectivity index (χ1n) is 7.06. The second-order valence-corrected chi connectivity index (χ2v) is 5.30. The summed E-state index contributed by atoms with van der Waals surface area (Å²) < 4.78 is 0. The summed E-state index contributed by atoms with van der Waals surface area (Å²) in [4.78, 5) is 11.2. The molecule has 3 heterocycles. The summed E-state index contributed by atoms with van der Waals surface area (Å²) in [6.07, 6.45) is 4.46. The van der Waals surface area contributed by atoms with Crippen molar-refractivity contribution in [2.75, 3.05) is 24.5 Å². The minimum absolute atomic E-state index is 0.445. The third-order valence-corrected chi connectivity index (χ3v) is 3.61. The molecule has 1 saturated heterocycles. The predicted octanol–water partition coefficient (Wildman–Crippen LogP) is 1.12. The van der Waals surface area contributed by atoms with Crippen molar-refractivity contribution in [3.8, 4) is 0 Å². The quantitative estimate of drug-likeness (QED) is 0.854. The van der Waals surface area contributed by atoms with Gasteiger partial charge < -0.3 is 15.5 Å². The number of nitrogens with one attached hydrogen (secondary N) is 2. The lowest BCUT2D eigenvalue weighted by atomic mass is 10.2. The van der Waals surface area contributed by atoms with Crippen LogP contribution < -0.4 is 15.5 Å². The van der Waals surface area contributed by atoms with E-state index < -0.39 is 0 Å². The van der Waals surface area contributed by atoms with Crippen LogP contribution in [-0.2, 0) is 6.54 Å². The van der Waals surface area contributed by atoms with Crippen LogP contribution in [0.15, 0.2) is 23.3 Å². The van der Waals surface area contributed by atoms with Crippen molar-refractivity contribution in [2.24, 2.45) is 4.99 Å². The Labute approximate surface area is 114 Å². The number of aliphatic imine (C=N–C) groups is 1. The first-order chi connectivity index (χ1) is 9.31. The van der Waals surface area contributed by atoms with Gasteiger partial charge in [0.05, 0.1) is 6.54 Å². The molecule has 0 amide bonds. The molecule has 1 unspecified atom stereocenters. The number of hydrogen-bond donors (Lipinski definition) is 2. The number of guanidine groups is 1. The van der Waals surface area contributed by atoms with Crippen LogP contribution in [0.3, 0.4) is 0 Å². The number of nitrogens with zero attached hydrogens (tertiary/aromatic N) is 3. The first kappa shape index (κ1) is 12.3. The van der Waals surface area contributed by atoms with Crippen molar-refractivity contribution < 1.29 is 0 Å². The summed E-state index contributed by atoms with van der Waals surface area (Å²) in [6, 6.07) is 4.68. The van der Waals surface area contributed by atoms with Gasteiger partial charge in [-0.25, -0.2) is 4.98 Å². The maximum atomic E-state index is 4.47. The second-order valence-electron chi connectivity index (χ2n) is 5.30. The fourth-order valence-electron chi connectivity index (χ4n) is 2.54. The zero-order chi connectivity index (χ0) is 13.1. The lowest BCUT2D eigenvalue weighted by molar-refractivity contribution is 0.713. The van der Waals surface area contributed by atoms with Crippen molar-refractivity contribution >= 4 is 11.8 Å². The highest BCUT2D eigenvalue weighted by Crippen LogP contribution is 2.18. The molecule has 1 aromatic heterocycles. The molecule has 2 aliphatic heterocycles. The standard InChI is InChI=1S/C14H21N5/c1-11-9-16-14(18-11)17-10-12-4-5-15-13(8-12)19-6-2-3-7-19/h4-5,8,11H,2-3,6-7,9-10H2,1H3,(H2,16,17,18). The minimum Gasteiger partial charge on any atom is -0.357 e. The van der Waals surface area contributed by atoms with Crippen LogP contribution in [0.25, 0.3) is 0 Å². The Morgan fingerprint density at radius 2 is 2.26 bits per heavy atom. The van der Waals surface area contributed by atoms with Crippen molar-refractivity contribution in [2.45, 2.75) is 32.4 Å². The van der Waals surface area contributed by atoms with Crippen LogP contribution in [0.1, 0.15) is 25.3 Å². The molecule has 2 aliphatic rings. The molecule has 0 aromatic carbocycles. The number of pyridine rings is 1. The zero-order valence-corrected chi connectivity index (χ0v) is 11.4. The van der Waals surface area contributed by atoms with Gasteiger partial charge in [-0.15, -0.1) is 0 Å². The molecule has 0 bridgehead atoms. The molecule has 0 radical (unpaired) electrons. The maximum absolute atomic E-state index is 4.47. The van der Waals surface area contributed by atoms with E-state index in [2.05, 4.69) is 44.6 Å². The van der Waals surface area contributed by atoms with Crippen LogP contribution in [0, 0.1) is 0 Å². The number of anilines is 1. The molecule has 5 heteroatoms. The van der Waals surface area contributed by atoms with Crippen LogP contribution in [0.5, 0.6) is 0 Å². The van der Waals surface area contributed by atoms with Crippen LogP contribution >= 0.6 is 0 Å². The van der Waals surface area contributed by atoms with E-state index in [9.17, 15) is 0 Å². The Bertz CT molecular complexity index is 465. The fourth-order valence-corrected chi connectivity index (χ4v) is 2.54. The molecular formula is C14H21N5. The molecule has 1 aromatic rings. The van der Waals surface area contributed by atoms with Gasteiger partial charge >= 0.3 is 0 Å². The molecule has 1 fully saturated rings. The summed E-state index contributed by atoms with van der Waals surface area (Å²) in [5, 5.41) is 6.65. The fraction of sp³-hybridized carbons (Fsp3) is 0.571. The smallest absolute Gasteiger partial charge is 0.191 e. The van der Waals surface area contributed by atoms with Gasteiger partial charge in [0.2, 0.25) is 0 Å². The van der Waals surface area contributed by atoms with Gasteiger partial charge in [-0.1, -0.05) is 0 Å². The predicted molar refractivity (Wildman–Crippen MR) is 77.4 cm³/mol. The molecule has 0 aliphatic carbocycles. The average Bonchev–Trinajstić information content (AvgIpc) is 3.08. The van der Waals surface area contributed by atoms with Crippen molar-refractivity contribution in [1.82, 2.24) is 15.6 Å². The summed E-state index contributed by atoms with van der Waals surface area (Å²) in [5.74, 6) is 2.01. The molecular weight excluding hydrogens is 238 g/mol. The second kappa shape index (κ2) is 5.47. The average molecular weight is 259 g/mol. The summed E-state index contributed by atoms with van der Waals surface area (Å²) in [5.41, 5.74) is 1.25. The summed E-state index contributed by atoms with van der Waals surface area (Å²) in [7, 11) is 0. The minimum atomic E-state index is 0.445. The van der Waals surface area contributed by atoms with Crippen LogP contribution in [0.2, 0.25) is 0 Å². The van der Waals surface area contributed by atoms with E-state index in [-0.39, 0.29) is 0 Å². The van der Waals surface area contributed by atoms with E-state index in [1.54, 1.807) is 0 Å². The first-order valence-corrected chi connectivity index (χ1v) is 7.06. The van der Waals surface area contributed by atoms with Gasteiger partial charge in [0, 0.05) is 31.9 Å². The Hall–Kier alpha value is -1.78. The van der Waals surface area contributed by atoms with Gasteiger partial charge in [0.25, 0.3) is 0 Å². The third kappa shape index (κ3) is 2.97. The van der Waals surface area contributed by atoms with E-state index in [4.69, 9.17) is 0 Å². The van der Waals surface area contributed by atoms with E-state index in [1.165, 1.54) is 18.4 Å². The third-order valence-electron chi connectivity index (χ3n) is 3.61. The molecule has 0 spiro atoms. The number of rotatable bonds is 3. The largest absolute Gasteiger partial charge is 0.357 e. The Kier molecular flexibility index (Phi) is 3.53. The Morgan fingerprint density at radius 3 is 3.00 bits per heavy atom. The Morgan fingerprint density at radius 1 is 1.42 bits per heavy atom. The molecule has 2 N–H and O–H groups in total. The summed E-state index contributed by atoms with van der Waals surface area (Å²) >= 11 is 0. The van der Waals surface area contributed by atoms with Gasteiger partial charge in [-0.3, -0.25) is 4.99 Å². The van der Waals surface area contributed by atoms with Crippen molar-refractivity contribution in [3.05, 3.63) is 23.9 Å². The normalized spacial score (nSPS) is 22.3. The van der Waals surface area contributed by atoms with Gasteiger partial charge in [-0.2, -0.15) is 0 Å². The van der Waals surface area contributed by atoms with Crippen LogP contribution in [-0.4, -0.2) is 36.6 Å². The highest BCUT2D eigenvalue weighted by molar-refractivity contribution is 5.81. The SMILES string of the molecule is CC1CN=C(NCc2ccnc(N3CCCC3)c2)N1. The maximum Gasteiger partial charge on any atom is 0.191 e. The van der Waals surface area contributed by atoms with Crippen molar-refractivity contribution in [3.63, 3.8) is 0 Å². The molecule has 3 rings (SSSR count). The topological polar surface area (TPSA) is 52.6 Å². The van der Waals surface area contributed by atoms with Crippen molar-refractivity contribution in [1.29, 1.82) is 0 Å². The van der Waals surface area contributed by atoms with Gasteiger partial charge in [0.15, 0.2) is 5.96 Å². The number of aromatic nitrogens is 1. The van der Waals surface area contributed by atoms with E-state index in [0.29, 0.717) is 6.04 Å². The van der Waals surface area contributed by atoms with Crippen LogP contribution in [0.4, 0.5) is 5.82 Å². The van der Waals surface area contributed by atoms with E-state index >= 15 is 0 Å². The highest BCUT2D eigenvalue weighted by atomic mass is 15.2. The highest BCUT2D eigenvalue weighted by Gasteiger charge is 2.14. The Balaban J connectivity index is 1.60.